The number of hydrogen-bond donors (Lipinski definition) is 1. The van der Waals surface area contributed by atoms with E-state index in [-0.39, 0.29) is 11.5 Å². The van der Waals surface area contributed by atoms with Crippen molar-refractivity contribution in [2.75, 3.05) is 18.0 Å². The molecule has 1 atom stereocenters. The Morgan fingerprint density at radius 2 is 1.96 bits per heavy atom. The number of piperidine rings is 1. The van der Waals surface area contributed by atoms with Crippen LogP contribution in [0.1, 0.15) is 28.8 Å². The number of aliphatic hydroxyl groups excluding tert-OH is 1. The summed E-state index contributed by atoms with van der Waals surface area (Å²) in [6.07, 6.45) is 1.09. The third-order valence-electron chi connectivity index (χ3n) is 4.21. The second-order valence-electron chi connectivity index (χ2n) is 5.90. The Morgan fingerprint density at radius 1 is 1.21 bits per heavy atom. The first-order valence-electron chi connectivity index (χ1n) is 7.87. The fraction of sp³-hybridized carbons (Fsp3) is 0.278. The van der Waals surface area contributed by atoms with Crippen LogP contribution >= 0.6 is 0 Å². The number of nitro benzene ring substituents is 1. The van der Waals surface area contributed by atoms with Gasteiger partial charge in [-0.3, -0.25) is 14.9 Å². The Balaban J connectivity index is 2.05. The fourth-order valence-corrected chi connectivity index (χ4v) is 3.01. The first kappa shape index (κ1) is 16.1. The van der Waals surface area contributed by atoms with E-state index in [2.05, 4.69) is 0 Å². The van der Waals surface area contributed by atoms with E-state index >= 15 is 0 Å². The van der Waals surface area contributed by atoms with E-state index < -0.39 is 11.0 Å². The van der Waals surface area contributed by atoms with Crippen molar-refractivity contribution >= 4 is 17.2 Å². The summed E-state index contributed by atoms with van der Waals surface area (Å²) in [5, 5.41) is 21.0. The highest BCUT2D eigenvalue weighted by Gasteiger charge is 2.25. The summed E-state index contributed by atoms with van der Waals surface area (Å²) in [5.41, 5.74) is 1.30. The number of non-ortho nitro benzene ring substituents is 1. The van der Waals surface area contributed by atoms with Gasteiger partial charge in [0.1, 0.15) is 0 Å². The van der Waals surface area contributed by atoms with E-state index in [0.717, 1.165) is 12.8 Å². The van der Waals surface area contributed by atoms with Crippen LogP contribution in [0.5, 0.6) is 0 Å². The van der Waals surface area contributed by atoms with Crippen molar-refractivity contribution in [3.63, 3.8) is 0 Å². The molecule has 1 heterocycles. The summed E-state index contributed by atoms with van der Waals surface area (Å²) in [6, 6.07) is 13.0. The summed E-state index contributed by atoms with van der Waals surface area (Å²) >= 11 is 0. The van der Waals surface area contributed by atoms with Gasteiger partial charge in [-0.05, 0) is 18.9 Å². The minimum absolute atomic E-state index is 0.115. The molecule has 1 aliphatic heterocycles. The predicted molar refractivity (Wildman–Crippen MR) is 90.4 cm³/mol. The lowest BCUT2D eigenvalue weighted by Crippen LogP contribution is -2.39. The molecule has 1 unspecified atom stereocenters. The molecule has 0 radical (unpaired) electrons. The quantitative estimate of drug-likeness (QED) is 0.530. The molecule has 124 valence electrons. The molecule has 2 aromatic rings. The zero-order valence-electron chi connectivity index (χ0n) is 13.1. The van der Waals surface area contributed by atoms with Gasteiger partial charge in [0.25, 0.3) is 5.69 Å². The molecule has 6 heteroatoms. The van der Waals surface area contributed by atoms with Crippen molar-refractivity contribution in [3.05, 3.63) is 69.8 Å². The Morgan fingerprint density at radius 3 is 2.62 bits per heavy atom. The third kappa shape index (κ3) is 3.28. The maximum atomic E-state index is 12.9. The van der Waals surface area contributed by atoms with Gasteiger partial charge < -0.3 is 10.0 Å². The SMILES string of the molecule is O=C(c1ccccc1)c1cc([N+](=O)[O-])ccc1N1CCCC(O)C1. The number of carbonyl (C=O) groups excluding carboxylic acids is 1. The number of benzene rings is 2. The van der Waals surface area contributed by atoms with Crippen LogP contribution in [0.15, 0.2) is 48.5 Å². The summed E-state index contributed by atoms with van der Waals surface area (Å²) in [4.78, 5) is 25.4. The zero-order valence-corrected chi connectivity index (χ0v) is 13.1. The average molecular weight is 326 g/mol. The summed E-state index contributed by atoms with van der Waals surface area (Å²) in [5.74, 6) is -0.255. The normalized spacial score (nSPS) is 17.5. The number of rotatable bonds is 4. The summed E-state index contributed by atoms with van der Waals surface area (Å²) < 4.78 is 0. The molecule has 1 saturated heterocycles. The number of hydrogen-bond acceptors (Lipinski definition) is 5. The van der Waals surface area contributed by atoms with Crippen LogP contribution in [0.4, 0.5) is 11.4 Å². The first-order chi connectivity index (χ1) is 11.6. The largest absolute Gasteiger partial charge is 0.391 e. The second kappa shape index (κ2) is 6.80. The number of nitrogens with zero attached hydrogens (tertiary/aromatic N) is 2. The number of ketones is 1. The minimum atomic E-state index is -0.503. The van der Waals surface area contributed by atoms with Crippen LogP contribution in [0, 0.1) is 10.1 Å². The van der Waals surface area contributed by atoms with Gasteiger partial charge in [0.2, 0.25) is 0 Å². The Labute approximate surface area is 139 Å². The van der Waals surface area contributed by atoms with Gasteiger partial charge in [-0.2, -0.15) is 0 Å². The van der Waals surface area contributed by atoms with Crippen molar-refractivity contribution in [1.82, 2.24) is 0 Å². The van der Waals surface area contributed by atoms with Crippen LogP contribution in [-0.4, -0.2) is 35.0 Å². The molecule has 24 heavy (non-hydrogen) atoms. The number of aliphatic hydroxyl groups is 1. The lowest BCUT2D eigenvalue weighted by atomic mass is 9.98. The predicted octanol–water partition coefficient (Wildman–Crippen LogP) is 2.79. The molecular weight excluding hydrogens is 308 g/mol. The molecular formula is C18H18N2O4. The second-order valence-corrected chi connectivity index (χ2v) is 5.90. The van der Waals surface area contributed by atoms with E-state index in [1.54, 1.807) is 30.3 Å². The molecule has 1 aliphatic rings. The maximum absolute atomic E-state index is 12.9. The number of anilines is 1. The third-order valence-corrected chi connectivity index (χ3v) is 4.21. The van der Waals surface area contributed by atoms with Gasteiger partial charge in [-0.25, -0.2) is 0 Å². The van der Waals surface area contributed by atoms with E-state index in [0.29, 0.717) is 29.9 Å². The maximum Gasteiger partial charge on any atom is 0.270 e. The van der Waals surface area contributed by atoms with Crippen molar-refractivity contribution < 1.29 is 14.8 Å². The van der Waals surface area contributed by atoms with Gasteiger partial charge in [-0.15, -0.1) is 0 Å². The number of nitro groups is 1. The lowest BCUT2D eigenvalue weighted by molar-refractivity contribution is -0.384. The van der Waals surface area contributed by atoms with Crippen molar-refractivity contribution in [2.24, 2.45) is 0 Å². The number of β-amino-alcohol motifs (C(OH)–C–C–N with tert-alkyl or cyclic N) is 1. The van der Waals surface area contributed by atoms with Crippen LogP contribution < -0.4 is 4.90 Å². The standard InChI is InChI=1S/C18H18N2O4/c21-15-7-4-10-19(12-15)17-9-8-14(20(23)24)11-16(17)18(22)13-5-2-1-3-6-13/h1-3,5-6,8-9,11,15,21H,4,7,10,12H2. The van der Waals surface area contributed by atoms with Crippen molar-refractivity contribution in [1.29, 1.82) is 0 Å². The molecule has 0 bridgehead atoms. The summed E-state index contributed by atoms with van der Waals surface area (Å²) in [6.45, 7) is 1.14. The smallest absolute Gasteiger partial charge is 0.270 e. The Kier molecular flexibility index (Phi) is 4.57. The highest BCUT2D eigenvalue weighted by Crippen LogP contribution is 2.30. The Hall–Kier alpha value is -2.73. The van der Waals surface area contributed by atoms with E-state index in [9.17, 15) is 20.0 Å². The number of carbonyl (C=O) groups is 1. The van der Waals surface area contributed by atoms with Crippen LogP contribution in [0.2, 0.25) is 0 Å². The highest BCUT2D eigenvalue weighted by molar-refractivity contribution is 6.12. The van der Waals surface area contributed by atoms with Gasteiger partial charge in [0.05, 0.1) is 16.6 Å². The molecule has 2 aromatic carbocycles. The molecule has 6 nitrogen and oxygen atoms in total. The Bertz CT molecular complexity index is 761. The summed E-state index contributed by atoms with van der Waals surface area (Å²) in [7, 11) is 0. The minimum Gasteiger partial charge on any atom is -0.391 e. The van der Waals surface area contributed by atoms with Gasteiger partial charge >= 0.3 is 0 Å². The highest BCUT2D eigenvalue weighted by atomic mass is 16.6. The van der Waals surface area contributed by atoms with Crippen molar-refractivity contribution in [3.8, 4) is 0 Å². The van der Waals surface area contributed by atoms with E-state index in [1.807, 2.05) is 11.0 Å². The van der Waals surface area contributed by atoms with E-state index in [1.165, 1.54) is 12.1 Å². The molecule has 3 rings (SSSR count). The van der Waals surface area contributed by atoms with Crippen LogP contribution in [0.3, 0.4) is 0 Å². The van der Waals surface area contributed by atoms with Crippen LogP contribution in [-0.2, 0) is 0 Å². The molecule has 1 fully saturated rings. The monoisotopic (exact) mass is 326 g/mol. The molecule has 0 aromatic heterocycles. The molecule has 0 saturated carbocycles. The lowest BCUT2D eigenvalue weighted by Gasteiger charge is -2.33. The van der Waals surface area contributed by atoms with Crippen LogP contribution in [0.25, 0.3) is 0 Å². The molecule has 0 spiro atoms. The van der Waals surface area contributed by atoms with Gasteiger partial charge in [0.15, 0.2) is 5.78 Å². The van der Waals surface area contributed by atoms with Gasteiger partial charge in [0, 0.05) is 36.5 Å². The zero-order chi connectivity index (χ0) is 17.1. The fourth-order valence-electron chi connectivity index (χ4n) is 3.01. The van der Waals surface area contributed by atoms with Crippen molar-refractivity contribution in [2.45, 2.75) is 18.9 Å². The topological polar surface area (TPSA) is 83.7 Å². The molecule has 0 aliphatic carbocycles. The van der Waals surface area contributed by atoms with Gasteiger partial charge in [-0.1, -0.05) is 30.3 Å². The first-order valence-corrected chi connectivity index (χ1v) is 7.87. The molecule has 1 N–H and O–H groups in total. The van der Waals surface area contributed by atoms with E-state index in [4.69, 9.17) is 0 Å². The average Bonchev–Trinajstić information content (AvgIpc) is 2.61. The molecule has 0 amide bonds.